The first-order chi connectivity index (χ1) is 9.74. The molecular weight excluding hydrogens is 270 g/mol. The fourth-order valence-corrected chi connectivity index (χ4v) is 2.68. The van der Waals surface area contributed by atoms with Crippen LogP contribution in [0.25, 0.3) is 22.2 Å². The van der Waals surface area contributed by atoms with E-state index < -0.39 is 0 Å². The summed E-state index contributed by atoms with van der Waals surface area (Å²) in [5, 5.41) is 1.49. The summed E-state index contributed by atoms with van der Waals surface area (Å²) >= 11 is 6.19. The molecule has 0 saturated heterocycles. The summed E-state index contributed by atoms with van der Waals surface area (Å²) in [6.45, 7) is 2.12. The second kappa shape index (κ2) is 5.14. The van der Waals surface area contributed by atoms with E-state index in [1.54, 1.807) is 0 Å². The van der Waals surface area contributed by atoms with E-state index in [4.69, 9.17) is 11.6 Å². The van der Waals surface area contributed by atoms with Crippen molar-refractivity contribution in [2.45, 2.75) is 13.3 Å². The number of rotatable bonds is 3. The van der Waals surface area contributed by atoms with Crippen molar-refractivity contribution in [3.63, 3.8) is 0 Å². The van der Waals surface area contributed by atoms with Gasteiger partial charge in [-0.2, -0.15) is 0 Å². The van der Waals surface area contributed by atoms with Crippen molar-refractivity contribution in [3.8, 4) is 11.3 Å². The van der Waals surface area contributed by atoms with E-state index in [-0.39, 0.29) is 0 Å². The zero-order valence-electron chi connectivity index (χ0n) is 11.1. The minimum absolute atomic E-state index is 0.627. The number of para-hydroxylation sites is 1. The number of benzene rings is 2. The molecule has 0 spiro atoms. The summed E-state index contributed by atoms with van der Waals surface area (Å²) in [4.78, 5) is 14.7. The van der Waals surface area contributed by atoms with Crippen molar-refractivity contribution in [1.82, 2.24) is 4.98 Å². The van der Waals surface area contributed by atoms with Crippen LogP contribution in [0.15, 0.2) is 42.5 Å². The number of fused-ring (bicyclic) bond motifs is 1. The number of aromatic amines is 1. The minimum Gasteiger partial charge on any atom is -0.353 e. The van der Waals surface area contributed by atoms with Crippen LogP contribution in [-0.4, -0.2) is 11.3 Å². The summed E-state index contributed by atoms with van der Waals surface area (Å²) < 4.78 is 0. The molecule has 1 aromatic heterocycles. The highest BCUT2D eigenvalue weighted by atomic mass is 35.5. The summed E-state index contributed by atoms with van der Waals surface area (Å²) in [6, 6.07) is 13.8. The molecule has 20 heavy (non-hydrogen) atoms. The molecule has 0 atom stereocenters. The van der Waals surface area contributed by atoms with E-state index in [0.29, 0.717) is 10.6 Å². The Balaban J connectivity index is 2.24. The van der Waals surface area contributed by atoms with Crippen LogP contribution >= 0.6 is 11.6 Å². The molecule has 0 aliphatic heterocycles. The molecule has 0 radical (unpaired) electrons. The number of nitrogens with one attached hydrogen (secondary N) is 1. The van der Waals surface area contributed by atoms with E-state index in [1.165, 1.54) is 5.56 Å². The van der Waals surface area contributed by atoms with Crippen LogP contribution < -0.4 is 0 Å². The van der Waals surface area contributed by atoms with Gasteiger partial charge in [0.15, 0.2) is 6.29 Å². The molecule has 0 bridgehead atoms. The first-order valence-corrected chi connectivity index (χ1v) is 6.97. The summed E-state index contributed by atoms with van der Waals surface area (Å²) in [7, 11) is 0. The zero-order chi connectivity index (χ0) is 14.1. The number of aryl methyl sites for hydroxylation is 1. The Hall–Kier alpha value is -2.06. The van der Waals surface area contributed by atoms with Gasteiger partial charge in [0.05, 0.1) is 16.2 Å². The van der Waals surface area contributed by atoms with Gasteiger partial charge in [-0.1, -0.05) is 54.9 Å². The number of aromatic nitrogens is 1. The Kier molecular flexibility index (Phi) is 3.33. The fraction of sp³-hybridized carbons (Fsp3) is 0.118. The van der Waals surface area contributed by atoms with Gasteiger partial charge >= 0.3 is 0 Å². The molecule has 0 amide bonds. The maximum absolute atomic E-state index is 11.4. The molecule has 3 heteroatoms. The van der Waals surface area contributed by atoms with Crippen molar-refractivity contribution in [2.75, 3.05) is 0 Å². The Bertz CT molecular complexity index is 772. The van der Waals surface area contributed by atoms with Gasteiger partial charge in [0.1, 0.15) is 0 Å². The Labute approximate surface area is 122 Å². The molecule has 100 valence electrons. The molecule has 3 rings (SSSR count). The largest absolute Gasteiger partial charge is 0.353 e. The number of carbonyl (C=O) groups excluding carboxylic acids is 1. The van der Waals surface area contributed by atoms with E-state index in [0.717, 1.165) is 34.9 Å². The van der Waals surface area contributed by atoms with E-state index in [9.17, 15) is 4.79 Å². The minimum atomic E-state index is 0.627. The Morgan fingerprint density at radius 3 is 2.55 bits per heavy atom. The third-order valence-electron chi connectivity index (χ3n) is 3.59. The van der Waals surface area contributed by atoms with E-state index >= 15 is 0 Å². The molecule has 0 aliphatic rings. The van der Waals surface area contributed by atoms with Gasteiger partial charge in [0, 0.05) is 10.9 Å². The maximum atomic E-state index is 11.4. The highest BCUT2D eigenvalue weighted by Crippen LogP contribution is 2.32. The Morgan fingerprint density at radius 1 is 1.15 bits per heavy atom. The van der Waals surface area contributed by atoms with Gasteiger partial charge in [0.25, 0.3) is 0 Å². The molecule has 1 heterocycles. The lowest BCUT2D eigenvalue weighted by Crippen LogP contribution is -1.86. The standard InChI is InChI=1S/C17H14ClNO/c1-2-11-6-8-12(9-7-11)16-14(10-20)13-4-3-5-15(18)17(13)19-16/h3-10,19H,2H2,1H3. The quantitative estimate of drug-likeness (QED) is 0.684. The van der Waals surface area contributed by atoms with Crippen LogP contribution in [0.2, 0.25) is 5.02 Å². The predicted molar refractivity (Wildman–Crippen MR) is 83.5 cm³/mol. The average molecular weight is 284 g/mol. The molecule has 0 unspecified atom stereocenters. The SMILES string of the molecule is CCc1ccc(-c2[nH]c3c(Cl)cccc3c2C=O)cc1. The molecule has 0 aliphatic carbocycles. The molecule has 3 aromatic rings. The lowest BCUT2D eigenvalue weighted by atomic mass is 10.0. The second-order valence-corrected chi connectivity index (χ2v) is 5.15. The van der Waals surface area contributed by atoms with Gasteiger partial charge in [-0.05, 0) is 23.6 Å². The third kappa shape index (κ3) is 2.02. The van der Waals surface area contributed by atoms with Gasteiger partial charge < -0.3 is 4.98 Å². The lowest BCUT2D eigenvalue weighted by Gasteiger charge is -2.01. The smallest absolute Gasteiger partial charge is 0.152 e. The first kappa shape index (κ1) is 12.9. The average Bonchev–Trinajstić information content (AvgIpc) is 2.87. The van der Waals surface area contributed by atoms with Crippen LogP contribution in [0.4, 0.5) is 0 Å². The van der Waals surface area contributed by atoms with E-state index in [2.05, 4.69) is 24.0 Å². The normalized spacial score (nSPS) is 10.9. The highest BCUT2D eigenvalue weighted by Gasteiger charge is 2.14. The predicted octanol–water partition coefficient (Wildman–Crippen LogP) is 4.86. The van der Waals surface area contributed by atoms with Gasteiger partial charge in [0.2, 0.25) is 0 Å². The first-order valence-electron chi connectivity index (χ1n) is 6.59. The third-order valence-corrected chi connectivity index (χ3v) is 3.91. The van der Waals surface area contributed by atoms with Crippen molar-refractivity contribution in [3.05, 3.63) is 58.6 Å². The molecule has 1 N–H and O–H groups in total. The van der Waals surface area contributed by atoms with E-state index in [1.807, 2.05) is 30.3 Å². The monoisotopic (exact) mass is 283 g/mol. The fourth-order valence-electron chi connectivity index (χ4n) is 2.46. The van der Waals surface area contributed by atoms with Crippen molar-refractivity contribution in [2.24, 2.45) is 0 Å². The van der Waals surface area contributed by atoms with Crippen LogP contribution in [0.3, 0.4) is 0 Å². The Morgan fingerprint density at radius 2 is 1.90 bits per heavy atom. The number of hydrogen-bond donors (Lipinski definition) is 1. The molecular formula is C17H14ClNO. The van der Waals surface area contributed by atoms with Crippen molar-refractivity contribution in [1.29, 1.82) is 0 Å². The van der Waals surface area contributed by atoms with Gasteiger partial charge in [-0.25, -0.2) is 0 Å². The van der Waals surface area contributed by atoms with Crippen molar-refractivity contribution >= 4 is 28.8 Å². The molecule has 0 fully saturated rings. The van der Waals surface area contributed by atoms with Crippen LogP contribution in [-0.2, 0) is 6.42 Å². The summed E-state index contributed by atoms with van der Waals surface area (Å²) in [5.74, 6) is 0. The lowest BCUT2D eigenvalue weighted by molar-refractivity contribution is 0.112. The highest BCUT2D eigenvalue weighted by molar-refractivity contribution is 6.35. The van der Waals surface area contributed by atoms with Crippen LogP contribution in [0.5, 0.6) is 0 Å². The summed E-state index contributed by atoms with van der Waals surface area (Å²) in [5.41, 5.74) is 4.57. The topological polar surface area (TPSA) is 32.9 Å². The van der Waals surface area contributed by atoms with Gasteiger partial charge in [-0.3, -0.25) is 4.79 Å². The van der Waals surface area contributed by atoms with Crippen LogP contribution in [0, 0.1) is 0 Å². The second-order valence-electron chi connectivity index (χ2n) is 4.74. The number of halogens is 1. The van der Waals surface area contributed by atoms with Crippen molar-refractivity contribution < 1.29 is 4.79 Å². The number of carbonyl (C=O) groups is 1. The van der Waals surface area contributed by atoms with Gasteiger partial charge in [-0.15, -0.1) is 0 Å². The molecule has 2 aromatic carbocycles. The number of H-pyrrole nitrogens is 1. The van der Waals surface area contributed by atoms with Crippen LogP contribution in [0.1, 0.15) is 22.8 Å². The maximum Gasteiger partial charge on any atom is 0.152 e. The number of aldehydes is 1. The number of hydrogen-bond acceptors (Lipinski definition) is 1. The summed E-state index contributed by atoms with van der Waals surface area (Å²) in [6.07, 6.45) is 1.89. The zero-order valence-corrected chi connectivity index (χ0v) is 11.9. The molecule has 2 nitrogen and oxygen atoms in total. The molecule has 0 saturated carbocycles.